The van der Waals surface area contributed by atoms with Crippen LogP contribution in [0.1, 0.15) is 18.5 Å². The first-order valence-corrected chi connectivity index (χ1v) is 4.47. The lowest BCUT2D eigenvalue weighted by molar-refractivity contribution is -0.0513. The predicted molar refractivity (Wildman–Crippen MR) is 51.6 cm³/mol. The Morgan fingerprint density at radius 1 is 1.27 bits per heavy atom. The van der Waals surface area contributed by atoms with Gasteiger partial charge in [0, 0.05) is 5.56 Å². The van der Waals surface area contributed by atoms with Crippen molar-refractivity contribution in [3.05, 3.63) is 29.8 Å². The largest absolute Gasteiger partial charge is 0.434 e. The Labute approximate surface area is 87.0 Å². The molecule has 0 radical (unpaired) electrons. The molecule has 0 amide bonds. The first-order chi connectivity index (χ1) is 7.15. The summed E-state index contributed by atoms with van der Waals surface area (Å²) in [5, 5.41) is 0. The van der Waals surface area contributed by atoms with Crippen LogP contribution < -0.4 is 10.2 Å². The molecule has 0 aromatic heterocycles. The van der Waals surface area contributed by atoms with E-state index in [-0.39, 0.29) is 11.8 Å². The molecule has 0 saturated heterocycles. The molecule has 5 heteroatoms. The molecule has 1 atom stereocenters. The van der Waals surface area contributed by atoms with E-state index in [1.54, 1.807) is 25.1 Å². The molecule has 1 aromatic carbocycles. The molecule has 0 aliphatic carbocycles. The lowest BCUT2D eigenvalue weighted by atomic mass is 10.1. The highest BCUT2D eigenvalue weighted by Gasteiger charge is 2.13. The van der Waals surface area contributed by atoms with Gasteiger partial charge in [0.15, 0.2) is 0 Å². The summed E-state index contributed by atoms with van der Waals surface area (Å²) in [6.45, 7) is -1.03. The molecule has 15 heavy (non-hydrogen) atoms. The second-order valence-electron chi connectivity index (χ2n) is 2.96. The summed E-state index contributed by atoms with van der Waals surface area (Å²) >= 11 is 0. The molecule has 0 spiro atoms. The van der Waals surface area contributed by atoms with Gasteiger partial charge in [0.05, 0.1) is 13.2 Å². The van der Waals surface area contributed by atoms with Gasteiger partial charge in [0.2, 0.25) is 0 Å². The van der Waals surface area contributed by atoms with Crippen molar-refractivity contribution in [2.45, 2.75) is 19.6 Å². The molecule has 0 saturated carbocycles. The zero-order chi connectivity index (χ0) is 11.3. The number of alkyl halides is 2. The fourth-order valence-electron chi connectivity index (χ4n) is 1.28. The van der Waals surface area contributed by atoms with Crippen molar-refractivity contribution in [3.8, 4) is 5.75 Å². The third-order valence-electron chi connectivity index (χ3n) is 1.90. The van der Waals surface area contributed by atoms with Gasteiger partial charge >= 0.3 is 6.61 Å². The molecule has 1 aromatic rings. The number of hydroxylamine groups is 1. The van der Waals surface area contributed by atoms with Crippen molar-refractivity contribution in [1.29, 1.82) is 0 Å². The minimum absolute atomic E-state index is 0.157. The molecule has 0 bridgehead atoms. The van der Waals surface area contributed by atoms with Crippen LogP contribution in [0.2, 0.25) is 0 Å². The number of ether oxygens (including phenoxy) is 1. The Balaban J connectivity index is 2.85. The summed E-state index contributed by atoms with van der Waals surface area (Å²) in [4.78, 5) is 4.72. The standard InChI is InChI=1S/C10H13F2NO2/c1-7(13-14-2)8-5-3-4-6-9(8)15-10(11)12/h3-7,10,13H,1-2H3. The summed E-state index contributed by atoms with van der Waals surface area (Å²) in [7, 11) is 1.47. The number of para-hydroxylation sites is 1. The van der Waals surface area contributed by atoms with E-state index in [1.807, 2.05) is 0 Å². The highest BCUT2D eigenvalue weighted by atomic mass is 19.3. The fourth-order valence-corrected chi connectivity index (χ4v) is 1.28. The lowest BCUT2D eigenvalue weighted by Gasteiger charge is -2.16. The Morgan fingerprint density at radius 3 is 2.53 bits per heavy atom. The normalized spacial score (nSPS) is 12.9. The summed E-state index contributed by atoms with van der Waals surface area (Å²) in [5.74, 6) is 0.157. The number of benzene rings is 1. The van der Waals surface area contributed by atoms with Gasteiger partial charge in [-0.1, -0.05) is 18.2 Å². The molecule has 0 fully saturated rings. The van der Waals surface area contributed by atoms with E-state index in [9.17, 15) is 8.78 Å². The van der Waals surface area contributed by atoms with Crippen molar-refractivity contribution in [2.24, 2.45) is 0 Å². The molecule has 0 heterocycles. The predicted octanol–water partition coefficient (Wildman–Crippen LogP) is 2.50. The van der Waals surface area contributed by atoms with Gasteiger partial charge in [-0.15, -0.1) is 0 Å². The number of nitrogens with one attached hydrogen (secondary N) is 1. The molecule has 84 valence electrons. The average molecular weight is 217 g/mol. The van der Waals surface area contributed by atoms with Crippen LogP contribution >= 0.6 is 0 Å². The van der Waals surface area contributed by atoms with Crippen molar-refractivity contribution in [3.63, 3.8) is 0 Å². The number of hydrogen-bond acceptors (Lipinski definition) is 3. The maximum atomic E-state index is 12.1. The zero-order valence-corrected chi connectivity index (χ0v) is 8.54. The zero-order valence-electron chi connectivity index (χ0n) is 8.54. The van der Waals surface area contributed by atoms with Crippen LogP contribution in [0.15, 0.2) is 24.3 Å². The summed E-state index contributed by atoms with van der Waals surface area (Å²) in [6.07, 6.45) is 0. The fraction of sp³-hybridized carbons (Fsp3) is 0.400. The van der Waals surface area contributed by atoms with Crippen molar-refractivity contribution >= 4 is 0 Å². The molecular weight excluding hydrogens is 204 g/mol. The SMILES string of the molecule is CONC(C)c1ccccc1OC(F)F. The minimum atomic E-state index is -2.82. The van der Waals surface area contributed by atoms with Crippen molar-refractivity contribution in [1.82, 2.24) is 5.48 Å². The van der Waals surface area contributed by atoms with Gasteiger partial charge in [0.25, 0.3) is 0 Å². The van der Waals surface area contributed by atoms with E-state index in [0.717, 1.165) is 0 Å². The van der Waals surface area contributed by atoms with Crippen LogP contribution in [-0.4, -0.2) is 13.7 Å². The smallest absolute Gasteiger partial charge is 0.387 e. The summed E-state index contributed by atoms with van der Waals surface area (Å²) in [6, 6.07) is 6.37. The Morgan fingerprint density at radius 2 is 1.93 bits per heavy atom. The summed E-state index contributed by atoms with van der Waals surface area (Å²) < 4.78 is 28.5. The maximum Gasteiger partial charge on any atom is 0.387 e. The first-order valence-electron chi connectivity index (χ1n) is 4.47. The van der Waals surface area contributed by atoms with E-state index in [0.29, 0.717) is 5.56 Å². The lowest BCUT2D eigenvalue weighted by Crippen LogP contribution is -2.18. The van der Waals surface area contributed by atoms with Crippen LogP contribution in [0.25, 0.3) is 0 Å². The Kier molecular flexibility index (Phi) is 4.45. The number of halogens is 2. The number of hydrogen-bond donors (Lipinski definition) is 1. The Bertz CT molecular complexity index is 307. The van der Waals surface area contributed by atoms with E-state index >= 15 is 0 Å². The van der Waals surface area contributed by atoms with Crippen LogP contribution in [0.5, 0.6) is 5.75 Å². The third-order valence-corrected chi connectivity index (χ3v) is 1.90. The van der Waals surface area contributed by atoms with Gasteiger partial charge < -0.3 is 9.57 Å². The second kappa shape index (κ2) is 5.63. The molecule has 1 N–H and O–H groups in total. The van der Waals surface area contributed by atoms with Gasteiger partial charge in [-0.25, -0.2) is 0 Å². The molecular formula is C10H13F2NO2. The van der Waals surface area contributed by atoms with Gasteiger partial charge in [0.1, 0.15) is 5.75 Å². The molecule has 3 nitrogen and oxygen atoms in total. The number of rotatable bonds is 5. The minimum Gasteiger partial charge on any atom is -0.434 e. The van der Waals surface area contributed by atoms with Gasteiger partial charge in [-0.2, -0.15) is 14.3 Å². The topological polar surface area (TPSA) is 30.5 Å². The van der Waals surface area contributed by atoms with Crippen LogP contribution in [0.3, 0.4) is 0 Å². The van der Waals surface area contributed by atoms with E-state index < -0.39 is 6.61 Å². The summed E-state index contributed by atoms with van der Waals surface area (Å²) in [5.41, 5.74) is 3.28. The molecule has 0 aliphatic rings. The van der Waals surface area contributed by atoms with Gasteiger partial charge in [-0.05, 0) is 13.0 Å². The van der Waals surface area contributed by atoms with Crippen molar-refractivity contribution < 1.29 is 18.4 Å². The van der Waals surface area contributed by atoms with E-state index in [2.05, 4.69) is 10.2 Å². The highest BCUT2D eigenvalue weighted by molar-refractivity contribution is 5.35. The van der Waals surface area contributed by atoms with E-state index in [4.69, 9.17) is 4.84 Å². The third kappa shape index (κ3) is 3.45. The highest BCUT2D eigenvalue weighted by Crippen LogP contribution is 2.25. The molecule has 0 aliphatic heterocycles. The van der Waals surface area contributed by atoms with Crippen LogP contribution in [0, 0.1) is 0 Å². The molecule has 1 unspecified atom stereocenters. The van der Waals surface area contributed by atoms with Crippen LogP contribution in [-0.2, 0) is 4.84 Å². The Hall–Kier alpha value is -1.20. The van der Waals surface area contributed by atoms with E-state index in [1.165, 1.54) is 13.2 Å². The first kappa shape index (κ1) is 11.9. The van der Waals surface area contributed by atoms with Crippen LogP contribution in [0.4, 0.5) is 8.78 Å². The van der Waals surface area contributed by atoms with Gasteiger partial charge in [-0.3, -0.25) is 0 Å². The average Bonchev–Trinajstić information content (AvgIpc) is 2.18. The second-order valence-corrected chi connectivity index (χ2v) is 2.96. The maximum absolute atomic E-state index is 12.1. The molecule has 1 rings (SSSR count). The monoisotopic (exact) mass is 217 g/mol. The van der Waals surface area contributed by atoms with Crippen molar-refractivity contribution in [2.75, 3.05) is 7.11 Å². The quantitative estimate of drug-likeness (QED) is 0.768.